The molecule has 0 fully saturated rings. The Bertz CT molecular complexity index is 1350. The number of carbonyl (C=O) groups is 1. The van der Waals surface area contributed by atoms with Crippen molar-refractivity contribution in [2.75, 3.05) is 7.11 Å². The number of aromatic nitrogens is 2. The van der Waals surface area contributed by atoms with Crippen LogP contribution in [0.15, 0.2) is 71.7 Å². The van der Waals surface area contributed by atoms with Gasteiger partial charge in [0.2, 0.25) is 0 Å². The Morgan fingerprint density at radius 1 is 1.16 bits per heavy atom. The van der Waals surface area contributed by atoms with Crippen LogP contribution in [0.3, 0.4) is 0 Å². The van der Waals surface area contributed by atoms with Gasteiger partial charge in [-0.05, 0) is 30.3 Å². The summed E-state index contributed by atoms with van der Waals surface area (Å²) in [5.74, 6) is -1.29. The molecule has 2 heterocycles. The number of nitrogens with zero attached hydrogens (tertiary/aromatic N) is 2. The Morgan fingerprint density at radius 2 is 1.97 bits per heavy atom. The lowest BCUT2D eigenvalue weighted by atomic mass is 10.1. The summed E-state index contributed by atoms with van der Waals surface area (Å²) in [7, 11) is 1.50. The highest BCUT2D eigenvalue weighted by molar-refractivity contribution is 6.02. The number of hydrogen-bond acceptors (Lipinski definition) is 5. The van der Waals surface area contributed by atoms with Crippen LogP contribution in [0.2, 0.25) is 0 Å². The molecule has 156 valence electrons. The summed E-state index contributed by atoms with van der Waals surface area (Å²) in [5.41, 5.74) is -0.367. The summed E-state index contributed by atoms with van der Waals surface area (Å²) in [6.45, 7) is -0.144. The zero-order valence-electron chi connectivity index (χ0n) is 16.5. The number of aromatic hydroxyl groups is 1. The van der Waals surface area contributed by atoms with E-state index in [0.29, 0.717) is 11.4 Å². The molecule has 4 rings (SSSR count). The van der Waals surface area contributed by atoms with E-state index in [1.54, 1.807) is 42.5 Å². The second-order valence-corrected chi connectivity index (χ2v) is 6.71. The number of rotatable bonds is 5. The van der Waals surface area contributed by atoms with Crippen molar-refractivity contribution in [1.29, 1.82) is 0 Å². The van der Waals surface area contributed by atoms with Gasteiger partial charge >= 0.3 is 0 Å². The molecule has 0 spiro atoms. The Morgan fingerprint density at radius 3 is 2.74 bits per heavy atom. The molecule has 0 aliphatic heterocycles. The van der Waals surface area contributed by atoms with Gasteiger partial charge in [-0.2, -0.15) is 0 Å². The van der Waals surface area contributed by atoms with Gasteiger partial charge < -0.3 is 15.2 Å². The monoisotopic (exact) mass is 419 g/mol. The number of methoxy groups -OCH3 is 1. The number of carbonyl (C=O) groups excluding carboxylic acids is 1. The Kier molecular flexibility index (Phi) is 5.36. The molecule has 8 heteroatoms. The molecule has 0 radical (unpaired) electrons. The third kappa shape index (κ3) is 3.71. The van der Waals surface area contributed by atoms with E-state index in [1.807, 2.05) is 0 Å². The van der Waals surface area contributed by atoms with Crippen molar-refractivity contribution in [3.63, 3.8) is 0 Å². The molecule has 4 aromatic rings. The SMILES string of the molecule is COc1cccc(-n2c(=O)c(C(=O)NCc3ccccc3F)c(O)c3cccnc32)c1. The lowest BCUT2D eigenvalue weighted by Crippen LogP contribution is -2.33. The van der Waals surface area contributed by atoms with Crippen LogP contribution in [0.1, 0.15) is 15.9 Å². The minimum absolute atomic E-state index is 0.144. The highest BCUT2D eigenvalue weighted by Crippen LogP contribution is 2.27. The summed E-state index contributed by atoms with van der Waals surface area (Å²) in [4.78, 5) is 30.4. The highest BCUT2D eigenvalue weighted by Gasteiger charge is 2.23. The van der Waals surface area contributed by atoms with Crippen molar-refractivity contribution in [3.05, 3.63) is 94.2 Å². The molecule has 0 saturated carbocycles. The number of ether oxygens (including phenoxy) is 1. The van der Waals surface area contributed by atoms with Gasteiger partial charge in [0.25, 0.3) is 11.5 Å². The molecule has 0 aliphatic rings. The van der Waals surface area contributed by atoms with Crippen LogP contribution in [-0.2, 0) is 6.54 Å². The predicted molar refractivity (Wildman–Crippen MR) is 113 cm³/mol. The van der Waals surface area contributed by atoms with Gasteiger partial charge in [-0.15, -0.1) is 0 Å². The van der Waals surface area contributed by atoms with E-state index in [2.05, 4.69) is 10.3 Å². The van der Waals surface area contributed by atoms with Crippen molar-refractivity contribution >= 4 is 16.9 Å². The van der Waals surface area contributed by atoms with Gasteiger partial charge in [-0.25, -0.2) is 9.37 Å². The fraction of sp³-hybridized carbons (Fsp3) is 0.0870. The zero-order chi connectivity index (χ0) is 22.0. The van der Waals surface area contributed by atoms with Gasteiger partial charge in [-0.1, -0.05) is 24.3 Å². The smallest absolute Gasteiger partial charge is 0.273 e. The maximum absolute atomic E-state index is 13.9. The lowest BCUT2D eigenvalue weighted by Gasteiger charge is -2.15. The van der Waals surface area contributed by atoms with Crippen molar-refractivity contribution in [3.8, 4) is 17.2 Å². The van der Waals surface area contributed by atoms with Crippen LogP contribution >= 0.6 is 0 Å². The molecule has 1 amide bonds. The van der Waals surface area contributed by atoms with E-state index < -0.39 is 28.6 Å². The summed E-state index contributed by atoms with van der Waals surface area (Å²) < 4.78 is 20.3. The molecule has 0 saturated heterocycles. The topological polar surface area (TPSA) is 93.5 Å². The normalized spacial score (nSPS) is 10.8. The minimum Gasteiger partial charge on any atom is -0.506 e. The fourth-order valence-electron chi connectivity index (χ4n) is 3.30. The van der Waals surface area contributed by atoms with Crippen LogP contribution in [0, 0.1) is 5.82 Å². The first-order valence-corrected chi connectivity index (χ1v) is 9.40. The van der Waals surface area contributed by atoms with Crippen LogP contribution in [0.4, 0.5) is 4.39 Å². The molecule has 7 nitrogen and oxygen atoms in total. The van der Waals surface area contributed by atoms with Crippen LogP contribution < -0.4 is 15.6 Å². The summed E-state index contributed by atoms with van der Waals surface area (Å²) in [6, 6.07) is 15.8. The number of fused-ring (bicyclic) bond motifs is 1. The Labute approximate surface area is 176 Å². The third-order valence-electron chi connectivity index (χ3n) is 4.84. The lowest BCUT2D eigenvalue weighted by molar-refractivity contribution is 0.0946. The van der Waals surface area contributed by atoms with Gasteiger partial charge in [0.1, 0.15) is 22.9 Å². The van der Waals surface area contributed by atoms with Crippen LogP contribution in [0.5, 0.6) is 11.5 Å². The van der Waals surface area contributed by atoms with Crippen molar-refractivity contribution in [2.45, 2.75) is 6.54 Å². The molecule has 0 bridgehead atoms. The molecule has 2 aromatic heterocycles. The summed E-state index contributed by atoms with van der Waals surface area (Å²) in [5, 5.41) is 13.4. The standard InChI is InChI=1S/C23H18FN3O4/c1-31-16-8-4-7-15(12-16)27-21-17(9-5-11-25-21)20(28)19(23(27)30)22(29)26-13-14-6-2-3-10-18(14)24/h2-12,28H,13H2,1H3,(H,26,29). The number of amides is 1. The second kappa shape index (κ2) is 8.27. The van der Waals surface area contributed by atoms with E-state index >= 15 is 0 Å². The number of pyridine rings is 2. The van der Waals surface area contributed by atoms with Crippen molar-refractivity contribution < 1.29 is 19.0 Å². The largest absolute Gasteiger partial charge is 0.506 e. The first kappa shape index (κ1) is 20.1. The molecule has 0 atom stereocenters. The number of nitrogens with one attached hydrogen (secondary N) is 1. The second-order valence-electron chi connectivity index (χ2n) is 6.71. The number of hydrogen-bond donors (Lipinski definition) is 2. The maximum atomic E-state index is 13.9. The van der Waals surface area contributed by atoms with Crippen LogP contribution in [0.25, 0.3) is 16.7 Å². The molecule has 2 N–H and O–H groups in total. The Balaban J connectivity index is 1.85. The van der Waals surface area contributed by atoms with Gasteiger partial charge in [0, 0.05) is 24.4 Å². The molecule has 0 unspecified atom stereocenters. The van der Waals surface area contributed by atoms with E-state index in [0.717, 1.165) is 0 Å². The highest BCUT2D eigenvalue weighted by atomic mass is 19.1. The van der Waals surface area contributed by atoms with Crippen molar-refractivity contribution in [1.82, 2.24) is 14.9 Å². The van der Waals surface area contributed by atoms with E-state index in [1.165, 1.54) is 36.1 Å². The van der Waals surface area contributed by atoms with Gasteiger partial charge in [-0.3, -0.25) is 14.2 Å². The Hall–Kier alpha value is -4.20. The van der Waals surface area contributed by atoms with Gasteiger partial charge in [0.15, 0.2) is 5.65 Å². The average molecular weight is 419 g/mol. The minimum atomic E-state index is -0.826. The quantitative estimate of drug-likeness (QED) is 0.518. The molecule has 31 heavy (non-hydrogen) atoms. The third-order valence-corrected chi connectivity index (χ3v) is 4.84. The molecule has 2 aromatic carbocycles. The first-order chi connectivity index (χ1) is 15.0. The summed E-state index contributed by atoms with van der Waals surface area (Å²) in [6.07, 6.45) is 1.48. The molecular weight excluding hydrogens is 401 g/mol. The zero-order valence-corrected chi connectivity index (χ0v) is 16.5. The maximum Gasteiger partial charge on any atom is 0.273 e. The first-order valence-electron chi connectivity index (χ1n) is 9.40. The molecule has 0 aliphatic carbocycles. The van der Waals surface area contributed by atoms with E-state index in [9.17, 15) is 19.1 Å². The molecular formula is C23H18FN3O4. The van der Waals surface area contributed by atoms with Gasteiger partial charge in [0.05, 0.1) is 18.2 Å². The van der Waals surface area contributed by atoms with E-state index in [-0.39, 0.29) is 23.1 Å². The predicted octanol–water partition coefficient (Wildman–Crippen LogP) is 3.17. The average Bonchev–Trinajstić information content (AvgIpc) is 2.79. The number of benzene rings is 2. The van der Waals surface area contributed by atoms with Crippen LogP contribution in [-0.4, -0.2) is 27.7 Å². The summed E-state index contributed by atoms with van der Waals surface area (Å²) >= 11 is 0. The van der Waals surface area contributed by atoms with Crippen molar-refractivity contribution in [2.24, 2.45) is 0 Å². The van der Waals surface area contributed by atoms with E-state index in [4.69, 9.17) is 4.74 Å². The fourth-order valence-corrected chi connectivity index (χ4v) is 3.30. The number of halogens is 1.